The lowest BCUT2D eigenvalue weighted by atomic mass is 9.54. The number of anilines is 1. The van der Waals surface area contributed by atoms with Crippen LogP contribution in [-0.4, -0.2) is 91.7 Å². The summed E-state index contributed by atoms with van der Waals surface area (Å²) in [5.74, 6) is -10.7. The lowest BCUT2D eigenvalue weighted by molar-refractivity contribution is -0.169. The molecule has 1 saturated carbocycles. The predicted molar refractivity (Wildman–Crippen MR) is 142 cm³/mol. The van der Waals surface area contributed by atoms with Crippen molar-refractivity contribution >= 4 is 34.8 Å². The fraction of sp³-hybridized carbons (Fsp3) is 0.481. The number of hydrogen-bond acceptors (Lipinski definition) is 11. The average molecular weight is 559 g/mol. The van der Waals surface area contributed by atoms with Crippen LogP contribution in [0.4, 0.5) is 5.69 Å². The van der Waals surface area contributed by atoms with E-state index in [1.807, 2.05) is 0 Å². The molecule has 40 heavy (non-hydrogen) atoms. The van der Waals surface area contributed by atoms with E-state index in [2.05, 4.69) is 5.32 Å². The number of amides is 2. The summed E-state index contributed by atoms with van der Waals surface area (Å²) < 4.78 is 0. The molecule has 1 aromatic carbocycles. The number of hydrogen-bond donors (Lipinski definition) is 8. The first-order chi connectivity index (χ1) is 18.5. The van der Waals surface area contributed by atoms with Gasteiger partial charge in [-0.3, -0.25) is 24.1 Å². The molecular weight excluding hydrogens is 524 g/mol. The molecule has 2 amide bonds. The molecule has 2 unspecified atom stereocenters. The Hall–Kier alpha value is -3.78. The Labute approximate surface area is 229 Å². The van der Waals surface area contributed by atoms with Crippen molar-refractivity contribution in [2.75, 3.05) is 19.4 Å². The van der Waals surface area contributed by atoms with Gasteiger partial charge in [0.2, 0.25) is 11.7 Å². The third-order valence-corrected chi connectivity index (χ3v) is 8.41. The van der Waals surface area contributed by atoms with Crippen molar-refractivity contribution in [3.05, 3.63) is 40.2 Å². The summed E-state index contributed by atoms with van der Waals surface area (Å²) in [7, 11) is 2.87. The number of primary amides is 1. The number of Topliss-reactive ketones (excluding diaryl/α,β-unsaturated/α-hetero) is 2. The first kappa shape index (κ1) is 29.2. The Morgan fingerprint density at radius 2 is 1.73 bits per heavy atom. The van der Waals surface area contributed by atoms with Crippen LogP contribution >= 0.6 is 0 Å². The van der Waals surface area contributed by atoms with Gasteiger partial charge in [-0.25, -0.2) is 0 Å². The fourth-order valence-electron chi connectivity index (χ4n) is 6.24. The van der Waals surface area contributed by atoms with Crippen LogP contribution in [0.1, 0.15) is 37.8 Å². The molecule has 13 heteroatoms. The highest BCUT2D eigenvalue weighted by Crippen LogP contribution is 2.56. The van der Waals surface area contributed by atoms with E-state index in [0.717, 1.165) is 0 Å². The lowest BCUT2D eigenvalue weighted by Gasteiger charge is -2.53. The van der Waals surface area contributed by atoms with E-state index in [-0.39, 0.29) is 17.2 Å². The quantitative estimate of drug-likeness (QED) is 0.168. The summed E-state index contributed by atoms with van der Waals surface area (Å²) in [6, 6.07) is 0.552. The minimum Gasteiger partial charge on any atom is -0.508 e. The number of ketones is 2. The second kappa shape index (κ2) is 9.70. The summed E-state index contributed by atoms with van der Waals surface area (Å²) in [5, 5.41) is 59.2. The number of phenolic OH excluding ortho intramolecular Hbond substituents is 1. The maximum absolute atomic E-state index is 14.0. The summed E-state index contributed by atoms with van der Waals surface area (Å²) in [6.45, 7) is 5.09. The van der Waals surface area contributed by atoms with Gasteiger partial charge >= 0.3 is 0 Å². The number of carbonyl (C=O) groups is 4. The van der Waals surface area contributed by atoms with E-state index in [1.54, 1.807) is 20.8 Å². The minimum absolute atomic E-state index is 0.104. The first-order valence-electron chi connectivity index (χ1n) is 12.7. The molecule has 10 N–H and O–H groups in total. The van der Waals surface area contributed by atoms with Crippen molar-refractivity contribution in [1.82, 2.24) is 4.90 Å². The summed E-state index contributed by atoms with van der Waals surface area (Å²) in [6.07, 6.45) is -1.69. The molecule has 0 aromatic heterocycles. The second-order valence-electron chi connectivity index (χ2n) is 11.2. The van der Waals surface area contributed by atoms with Crippen LogP contribution in [0.15, 0.2) is 29.0 Å². The third kappa shape index (κ3) is 3.84. The van der Waals surface area contributed by atoms with Gasteiger partial charge in [-0.05, 0) is 37.6 Å². The van der Waals surface area contributed by atoms with Crippen molar-refractivity contribution in [3.8, 4) is 5.75 Å². The van der Waals surface area contributed by atoms with Crippen LogP contribution in [0.3, 0.4) is 0 Å². The van der Waals surface area contributed by atoms with Gasteiger partial charge in [0.15, 0.2) is 11.4 Å². The Balaban J connectivity index is 1.95. The topological polar surface area (TPSA) is 237 Å². The highest BCUT2D eigenvalue weighted by Gasteiger charge is 2.68. The average Bonchev–Trinajstić information content (AvgIpc) is 2.86. The Morgan fingerprint density at radius 1 is 1.12 bits per heavy atom. The van der Waals surface area contributed by atoms with Crippen molar-refractivity contribution in [2.24, 2.45) is 29.2 Å². The zero-order valence-electron chi connectivity index (χ0n) is 22.7. The Bertz CT molecular complexity index is 1400. The number of nitrogens with zero attached hydrogens (tertiary/aromatic N) is 1. The van der Waals surface area contributed by atoms with Gasteiger partial charge in [0.05, 0.1) is 35.4 Å². The van der Waals surface area contributed by atoms with Crippen molar-refractivity contribution in [2.45, 2.75) is 50.5 Å². The Morgan fingerprint density at radius 3 is 2.25 bits per heavy atom. The monoisotopic (exact) mass is 558 g/mol. The normalized spacial score (nSPS) is 30.7. The molecule has 0 aliphatic heterocycles. The molecule has 13 nitrogen and oxygen atoms in total. The number of fused-ring (bicyclic) bond motifs is 3. The maximum atomic E-state index is 14.0. The van der Waals surface area contributed by atoms with Crippen LogP contribution in [0.5, 0.6) is 5.75 Å². The molecule has 4 rings (SSSR count). The lowest BCUT2D eigenvalue weighted by Crippen LogP contribution is -2.70. The van der Waals surface area contributed by atoms with E-state index in [4.69, 9.17) is 11.5 Å². The zero-order valence-corrected chi connectivity index (χ0v) is 22.7. The molecule has 1 fully saturated rings. The highest BCUT2D eigenvalue weighted by atomic mass is 16.4. The van der Waals surface area contributed by atoms with Gasteiger partial charge in [0, 0.05) is 11.5 Å². The molecule has 0 saturated heterocycles. The minimum atomic E-state index is -3.00. The Kier molecular flexibility index (Phi) is 7.08. The summed E-state index contributed by atoms with van der Waals surface area (Å²) in [4.78, 5) is 53.1. The molecule has 216 valence electrons. The number of aliphatic hydroxyl groups is 4. The van der Waals surface area contributed by atoms with E-state index < -0.39 is 93.3 Å². The second-order valence-corrected chi connectivity index (χ2v) is 11.2. The number of phenols is 1. The number of aliphatic hydroxyl groups excluding tert-OH is 3. The molecule has 0 heterocycles. The first-order valence-corrected chi connectivity index (χ1v) is 12.7. The van der Waals surface area contributed by atoms with Crippen LogP contribution in [-0.2, 0) is 19.2 Å². The molecule has 0 radical (unpaired) electrons. The molecule has 0 bridgehead atoms. The number of nitrogens with two attached hydrogens (primary N) is 2. The summed E-state index contributed by atoms with van der Waals surface area (Å²) >= 11 is 0. The number of rotatable bonds is 5. The highest BCUT2D eigenvalue weighted by molar-refractivity contribution is 6.24. The van der Waals surface area contributed by atoms with Crippen LogP contribution < -0.4 is 16.8 Å². The van der Waals surface area contributed by atoms with Crippen LogP contribution in [0, 0.1) is 17.8 Å². The van der Waals surface area contributed by atoms with Gasteiger partial charge in [0.1, 0.15) is 22.8 Å². The predicted octanol–water partition coefficient (Wildman–Crippen LogP) is -0.582. The van der Waals surface area contributed by atoms with Gasteiger partial charge in [0.25, 0.3) is 5.91 Å². The SMILES string of the molecule is CC(C)[C@H](N)C(=O)Nc1ccc2c(c1O)C(O)=C1C(=O)[C@]3(O)C(O)=C(C(N)=O)C(=O)[C@@H](N(C)C)C3[C@@H](O)C1[C@H]2C. The molecule has 3 aliphatic carbocycles. The number of carbonyl (C=O) groups excluding carboxylic acids is 4. The van der Waals surface area contributed by atoms with E-state index in [1.165, 1.54) is 31.1 Å². The van der Waals surface area contributed by atoms with Crippen molar-refractivity contribution in [3.63, 3.8) is 0 Å². The molecule has 1 aromatic rings. The van der Waals surface area contributed by atoms with E-state index >= 15 is 0 Å². The van der Waals surface area contributed by atoms with E-state index in [9.17, 15) is 44.7 Å². The van der Waals surface area contributed by atoms with Gasteiger partial charge in [-0.2, -0.15) is 0 Å². The largest absolute Gasteiger partial charge is 0.508 e. The van der Waals surface area contributed by atoms with Gasteiger partial charge < -0.3 is 42.3 Å². The fourth-order valence-corrected chi connectivity index (χ4v) is 6.24. The van der Waals surface area contributed by atoms with E-state index in [0.29, 0.717) is 5.56 Å². The maximum Gasteiger partial charge on any atom is 0.255 e. The van der Waals surface area contributed by atoms with Crippen LogP contribution in [0.2, 0.25) is 0 Å². The van der Waals surface area contributed by atoms with Crippen LogP contribution in [0.25, 0.3) is 5.76 Å². The smallest absolute Gasteiger partial charge is 0.255 e. The van der Waals surface area contributed by atoms with Crippen molar-refractivity contribution in [1.29, 1.82) is 0 Å². The van der Waals surface area contributed by atoms with Gasteiger partial charge in [-0.15, -0.1) is 0 Å². The molecule has 0 spiro atoms. The van der Waals surface area contributed by atoms with Gasteiger partial charge in [-0.1, -0.05) is 26.8 Å². The molecular formula is C27H34N4O9. The number of benzene rings is 1. The number of aromatic hydroxyl groups is 1. The molecule has 3 aliphatic rings. The number of likely N-dealkylation sites (N-methyl/N-ethyl adjacent to an activating group) is 1. The number of nitrogens with one attached hydrogen (secondary N) is 1. The van der Waals surface area contributed by atoms with Crippen molar-refractivity contribution < 1.29 is 44.7 Å². The zero-order chi connectivity index (χ0) is 30.2. The third-order valence-electron chi connectivity index (χ3n) is 8.41. The molecule has 7 atom stereocenters. The standard InChI is InChI=1S/C27H34N4O9/c1-8(2)17(28)26(39)30-11-7-6-10-9(3)12-14(20(33)13(10)19(11)32)23(36)27(40)16(21(12)34)18(31(4)5)22(35)15(24(27)37)25(29)38/h6-9,12,16-18,21,32-34,37,40H,28H2,1-5H3,(H2,29,38)(H,30,39)/t9-,12?,16?,17-,18-,21-,27-/m0/s1. The summed E-state index contributed by atoms with van der Waals surface area (Å²) in [5.41, 5.74) is 6.66.